The smallest absolute Gasteiger partial charge is 0.181 e. The van der Waals surface area contributed by atoms with Crippen LogP contribution in [0.3, 0.4) is 0 Å². The minimum absolute atomic E-state index is 0.276. The average Bonchev–Trinajstić information content (AvgIpc) is 2.89. The van der Waals surface area contributed by atoms with Crippen molar-refractivity contribution in [3.8, 4) is 0 Å². The first-order valence-corrected chi connectivity index (χ1v) is 9.20. The van der Waals surface area contributed by atoms with E-state index < -0.39 is 9.84 Å². The lowest BCUT2D eigenvalue weighted by molar-refractivity contribution is -0.0979. The molecule has 120 valence electrons. The molecule has 0 radical (unpaired) electrons. The number of aromatic nitrogens is 1. The van der Waals surface area contributed by atoms with Gasteiger partial charge in [-0.3, -0.25) is 0 Å². The monoisotopic (exact) mass is 341 g/mol. The van der Waals surface area contributed by atoms with Crippen molar-refractivity contribution in [2.45, 2.75) is 23.0 Å². The Hall–Kier alpha value is -1.51. The second-order valence-corrected chi connectivity index (χ2v) is 8.52. The third-order valence-corrected chi connectivity index (χ3v) is 6.92. The predicted molar refractivity (Wildman–Crippen MR) is 88.9 cm³/mol. The Kier molecular flexibility index (Phi) is 5.15. The number of benzene rings is 1. The van der Waals surface area contributed by atoms with Gasteiger partial charge in [-0.1, -0.05) is 11.3 Å². The first kappa shape index (κ1) is 16.9. The summed E-state index contributed by atoms with van der Waals surface area (Å²) in [4.78, 5) is 14.7. The zero-order valence-corrected chi connectivity index (χ0v) is 14.0. The van der Waals surface area contributed by atoms with Crippen LogP contribution in [0.4, 0.5) is 5.13 Å². The molecule has 0 atom stereocenters. The molecule has 0 bridgehead atoms. The Morgan fingerprint density at radius 1 is 1.32 bits per heavy atom. The maximum atomic E-state index is 12.7. The van der Waals surface area contributed by atoms with E-state index in [1.165, 1.54) is 11.3 Å². The van der Waals surface area contributed by atoms with Crippen LogP contribution in [0.5, 0.6) is 0 Å². The Morgan fingerprint density at radius 3 is 2.59 bits per heavy atom. The van der Waals surface area contributed by atoms with Crippen LogP contribution in [0.1, 0.15) is 12.8 Å². The summed E-state index contributed by atoms with van der Waals surface area (Å²) in [6.07, 6.45) is 1.39. The number of hydrogen-bond acceptors (Lipinski definition) is 7. The van der Waals surface area contributed by atoms with Crippen LogP contribution in [0.15, 0.2) is 23.1 Å². The standard InChI is InChI=1S/C13H17N3O2S2.CH2O/c1-16-6-4-9(5-7-16)20(17,18)10-2-3-11-12(8-10)19-13(14)15-11;1-2/h2-3,8-9H,4-7H2,1H3,(H2,14,15);1H2. The van der Waals surface area contributed by atoms with Gasteiger partial charge in [0.1, 0.15) is 6.79 Å². The number of hydrogen-bond donors (Lipinski definition) is 1. The van der Waals surface area contributed by atoms with Gasteiger partial charge in [-0.2, -0.15) is 0 Å². The molecule has 3 rings (SSSR count). The molecule has 1 fully saturated rings. The lowest BCUT2D eigenvalue weighted by Gasteiger charge is -2.28. The third-order valence-electron chi connectivity index (χ3n) is 3.81. The van der Waals surface area contributed by atoms with Gasteiger partial charge in [-0.15, -0.1) is 0 Å². The van der Waals surface area contributed by atoms with Crippen LogP contribution in [0.25, 0.3) is 10.2 Å². The molecular formula is C14H19N3O3S2. The molecule has 6 nitrogen and oxygen atoms in total. The van der Waals surface area contributed by atoms with Gasteiger partial charge in [0.2, 0.25) is 0 Å². The van der Waals surface area contributed by atoms with Gasteiger partial charge in [-0.05, 0) is 51.2 Å². The molecule has 1 aromatic heterocycles. The van der Waals surface area contributed by atoms with Gasteiger partial charge < -0.3 is 15.4 Å². The second kappa shape index (κ2) is 6.72. The van der Waals surface area contributed by atoms with Crippen LogP contribution < -0.4 is 5.73 Å². The van der Waals surface area contributed by atoms with Gasteiger partial charge in [0.25, 0.3) is 0 Å². The number of rotatable bonds is 2. The molecule has 1 saturated heterocycles. The highest BCUT2D eigenvalue weighted by Crippen LogP contribution is 2.30. The topological polar surface area (TPSA) is 93.4 Å². The number of nitrogens with zero attached hydrogens (tertiary/aromatic N) is 2. The molecule has 0 unspecified atom stereocenters. The van der Waals surface area contributed by atoms with E-state index in [0.717, 1.165) is 23.3 Å². The van der Waals surface area contributed by atoms with E-state index in [2.05, 4.69) is 9.88 Å². The average molecular weight is 341 g/mol. The van der Waals surface area contributed by atoms with Crippen molar-refractivity contribution >= 4 is 43.3 Å². The van der Waals surface area contributed by atoms with Crippen molar-refractivity contribution in [2.75, 3.05) is 25.9 Å². The lowest BCUT2D eigenvalue weighted by Crippen LogP contribution is -2.37. The Bertz CT molecular complexity index is 750. The number of fused-ring (bicyclic) bond motifs is 1. The number of thiazole rings is 1. The van der Waals surface area contributed by atoms with Crippen molar-refractivity contribution in [3.63, 3.8) is 0 Å². The van der Waals surface area contributed by atoms with Crippen molar-refractivity contribution < 1.29 is 13.2 Å². The Morgan fingerprint density at radius 2 is 1.95 bits per heavy atom. The normalized spacial score (nSPS) is 17.1. The quantitative estimate of drug-likeness (QED) is 0.891. The molecule has 8 heteroatoms. The molecule has 1 aromatic carbocycles. The van der Waals surface area contributed by atoms with Crippen LogP contribution in [0, 0.1) is 0 Å². The highest BCUT2D eigenvalue weighted by molar-refractivity contribution is 7.92. The predicted octanol–water partition coefficient (Wildman–Crippen LogP) is 1.56. The molecule has 2 N–H and O–H groups in total. The number of carbonyl (C=O) groups excluding carboxylic acids is 1. The molecule has 1 aliphatic rings. The van der Waals surface area contributed by atoms with Crippen molar-refractivity contribution in [1.29, 1.82) is 0 Å². The number of anilines is 1. The fourth-order valence-corrected chi connectivity index (χ4v) is 5.19. The van der Waals surface area contributed by atoms with Gasteiger partial charge in [0.05, 0.1) is 20.4 Å². The highest BCUT2D eigenvalue weighted by atomic mass is 32.2. The maximum Gasteiger partial charge on any atom is 0.181 e. The third kappa shape index (κ3) is 3.29. The van der Waals surface area contributed by atoms with Crippen molar-refractivity contribution in [3.05, 3.63) is 18.2 Å². The van der Waals surface area contributed by atoms with Crippen LogP contribution in [-0.2, 0) is 14.6 Å². The number of carbonyl (C=O) groups is 1. The summed E-state index contributed by atoms with van der Waals surface area (Å²) in [6, 6.07) is 5.09. The van der Waals surface area contributed by atoms with E-state index in [-0.39, 0.29) is 5.25 Å². The van der Waals surface area contributed by atoms with Gasteiger partial charge in [0, 0.05) is 0 Å². The second-order valence-electron chi connectivity index (χ2n) is 5.23. The highest BCUT2D eigenvalue weighted by Gasteiger charge is 2.30. The van der Waals surface area contributed by atoms with Gasteiger partial charge in [-0.25, -0.2) is 13.4 Å². The van der Waals surface area contributed by atoms with Crippen LogP contribution >= 0.6 is 11.3 Å². The Balaban J connectivity index is 0.000000847. The van der Waals surface area contributed by atoms with Gasteiger partial charge >= 0.3 is 0 Å². The molecule has 2 aromatic rings. The number of likely N-dealkylation sites (tertiary alicyclic amines) is 1. The van der Waals surface area contributed by atoms with Crippen LogP contribution in [0.2, 0.25) is 0 Å². The van der Waals surface area contributed by atoms with E-state index >= 15 is 0 Å². The van der Waals surface area contributed by atoms with E-state index in [1.807, 2.05) is 13.8 Å². The van der Waals surface area contributed by atoms with Crippen molar-refractivity contribution in [2.24, 2.45) is 0 Å². The molecule has 22 heavy (non-hydrogen) atoms. The SMILES string of the molecule is C=O.CN1CCC(S(=O)(=O)c2ccc3nc(N)sc3c2)CC1. The molecule has 0 saturated carbocycles. The summed E-state index contributed by atoms with van der Waals surface area (Å²) in [6.45, 7) is 3.67. The first-order valence-electron chi connectivity index (χ1n) is 6.84. The van der Waals surface area contributed by atoms with E-state index in [9.17, 15) is 8.42 Å². The summed E-state index contributed by atoms with van der Waals surface area (Å²) in [7, 11) is -1.23. The number of nitrogens with two attached hydrogens (primary N) is 1. The molecular weight excluding hydrogens is 322 g/mol. The molecule has 0 spiro atoms. The molecule has 1 aliphatic heterocycles. The molecule has 2 heterocycles. The fraction of sp³-hybridized carbons (Fsp3) is 0.429. The maximum absolute atomic E-state index is 12.7. The van der Waals surface area contributed by atoms with E-state index in [0.29, 0.717) is 22.9 Å². The van der Waals surface area contributed by atoms with Crippen LogP contribution in [-0.4, -0.2) is 50.5 Å². The minimum Gasteiger partial charge on any atom is -0.375 e. The summed E-state index contributed by atoms with van der Waals surface area (Å²) in [5.41, 5.74) is 6.42. The number of nitrogen functional groups attached to an aromatic ring is 1. The summed E-state index contributed by atoms with van der Waals surface area (Å²) >= 11 is 1.32. The van der Waals surface area contributed by atoms with Crippen molar-refractivity contribution in [1.82, 2.24) is 9.88 Å². The molecule has 0 aliphatic carbocycles. The summed E-state index contributed by atoms with van der Waals surface area (Å²) in [5.74, 6) is 0. The minimum atomic E-state index is -3.26. The number of piperidine rings is 1. The first-order chi connectivity index (χ1) is 10.5. The lowest BCUT2D eigenvalue weighted by atomic mass is 10.1. The van der Waals surface area contributed by atoms with E-state index in [1.54, 1.807) is 18.2 Å². The zero-order valence-electron chi connectivity index (χ0n) is 12.4. The summed E-state index contributed by atoms with van der Waals surface area (Å²) in [5, 5.41) is 0.190. The van der Waals surface area contributed by atoms with Gasteiger partial charge in [0.15, 0.2) is 15.0 Å². The largest absolute Gasteiger partial charge is 0.375 e. The van der Waals surface area contributed by atoms with E-state index in [4.69, 9.17) is 10.5 Å². The Labute approximate surface area is 133 Å². The zero-order chi connectivity index (χ0) is 16.3. The fourth-order valence-electron chi connectivity index (χ4n) is 2.59. The molecule has 0 amide bonds. The summed E-state index contributed by atoms with van der Waals surface area (Å²) < 4.78 is 26.2. The number of sulfone groups is 1.